The fourth-order valence-corrected chi connectivity index (χ4v) is 2.69. The van der Waals surface area contributed by atoms with E-state index in [4.69, 9.17) is 0 Å². The number of hydrogen-bond acceptors (Lipinski definition) is 0. The highest BCUT2D eigenvalue weighted by Gasteiger charge is 2.47. The minimum Gasteiger partial charge on any atom is -0.0698 e. The van der Waals surface area contributed by atoms with Gasteiger partial charge in [0.1, 0.15) is 0 Å². The van der Waals surface area contributed by atoms with Gasteiger partial charge in [0.25, 0.3) is 0 Å². The molecule has 3 aliphatic carbocycles. The van der Waals surface area contributed by atoms with Crippen LogP contribution in [0.2, 0.25) is 0 Å². The second kappa shape index (κ2) is 0.896. The van der Waals surface area contributed by atoms with Crippen LogP contribution in [0, 0.1) is 11.8 Å². The van der Waals surface area contributed by atoms with E-state index >= 15 is 0 Å². The topological polar surface area (TPSA) is 0 Å². The Balaban J connectivity index is 2.16. The van der Waals surface area contributed by atoms with Crippen LogP contribution in [-0.2, 0) is 0 Å². The SMILES string of the molecule is C1CC2CC3CC1=C23. The van der Waals surface area contributed by atoms with Gasteiger partial charge in [-0.2, -0.15) is 0 Å². The second-order valence-electron chi connectivity index (χ2n) is 3.43. The van der Waals surface area contributed by atoms with Crippen molar-refractivity contribution in [3.63, 3.8) is 0 Å². The van der Waals surface area contributed by atoms with Crippen LogP contribution in [0.1, 0.15) is 25.7 Å². The molecule has 8 heavy (non-hydrogen) atoms. The fourth-order valence-electron chi connectivity index (χ4n) is 2.69. The van der Waals surface area contributed by atoms with E-state index in [-0.39, 0.29) is 0 Å². The third kappa shape index (κ3) is 0.211. The lowest BCUT2D eigenvalue weighted by Gasteiger charge is -2.43. The summed E-state index contributed by atoms with van der Waals surface area (Å²) in [6.45, 7) is 0. The summed E-state index contributed by atoms with van der Waals surface area (Å²) < 4.78 is 0. The molecular formula is C8H10. The van der Waals surface area contributed by atoms with Crippen LogP contribution < -0.4 is 0 Å². The Morgan fingerprint density at radius 1 is 1.25 bits per heavy atom. The first-order valence-corrected chi connectivity index (χ1v) is 3.67. The van der Waals surface area contributed by atoms with E-state index < -0.39 is 0 Å². The van der Waals surface area contributed by atoms with Crippen LogP contribution >= 0.6 is 0 Å². The Hall–Kier alpha value is -0.260. The lowest BCUT2D eigenvalue weighted by molar-refractivity contribution is 0.296. The molecule has 0 spiro atoms. The second-order valence-corrected chi connectivity index (χ2v) is 3.43. The van der Waals surface area contributed by atoms with Crippen LogP contribution in [0.4, 0.5) is 0 Å². The zero-order chi connectivity index (χ0) is 5.14. The van der Waals surface area contributed by atoms with Gasteiger partial charge in [-0.1, -0.05) is 11.1 Å². The zero-order valence-electron chi connectivity index (χ0n) is 4.98. The van der Waals surface area contributed by atoms with Crippen molar-refractivity contribution in [3.8, 4) is 0 Å². The lowest BCUT2D eigenvalue weighted by Crippen LogP contribution is -2.31. The Morgan fingerprint density at radius 2 is 2.25 bits per heavy atom. The maximum absolute atomic E-state index is 1.91. The van der Waals surface area contributed by atoms with Crippen molar-refractivity contribution >= 4 is 0 Å². The molecule has 42 valence electrons. The molecule has 0 heterocycles. The minimum absolute atomic E-state index is 1.10. The Labute approximate surface area is 49.6 Å². The normalized spacial score (nSPS) is 48.0. The zero-order valence-corrected chi connectivity index (χ0v) is 4.98. The average molecular weight is 106 g/mol. The molecule has 1 fully saturated rings. The van der Waals surface area contributed by atoms with Crippen LogP contribution in [0.25, 0.3) is 0 Å². The number of allylic oxidation sites excluding steroid dienone is 2. The first kappa shape index (κ1) is 3.71. The summed E-state index contributed by atoms with van der Waals surface area (Å²) >= 11 is 0. The van der Waals surface area contributed by atoms with Crippen molar-refractivity contribution in [2.24, 2.45) is 11.8 Å². The quantitative estimate of drug-likeness (QED) is 0.415. The number of hydrogen-bond donors (Lipinski definition) is 0. The molecule has 1 saturated carbocycles. The average Bonchev–Trinajstić information content (AvgIpc) is 2.02. The molecule has 3 aliphatic rings. The van der Waals surface area contributed by atoms with Gasteiger partial charge in [-0.15, -0.1) is 0 Å². The molecule has 0 aliphatic heterocycles. The van der Waals surface area contributed by atoms with Crippen molar-refractivity contribution in [2.75, 3.05) is 0 Å². The van der Waals surface area contributed by atoms with E-state index in [2.05, 4.69) is 0 Å². The van der Waals surface area contributed by atoms with Gasteiger partial charge >= 0.3 is 0 Å². The van der Waals surface area contributed by atoms with Gasteiger partial charge in [0.15, 0.2) is 0 Å². The first-order chi connectivity index (χ1) is 3.95. The molecule has 0 bridgehead atoms. The van der Waals surface area contributed by atoms with Crippen molar-refractivity contribution in [1.29, 1.82) is 0 Å². The van der Waals surface area contributed by atoms with Gasteiger partial charge in [0.05, 0.1) is 0 Å². The monoisotopic (exact) mass is 106 g/mol. The summed E-state index contributed by atoms with van der Waals surface area (Å²) in [5.41, 5.74) is 3.76. The summed E-state index contributed by atoms with van der Waals surface area (Å²) in [4.78, 5) is 0. The summed E-state index contributed by atoms with van der Waals surface area (Å²) in [5.74, 6) is 2.21. The molecule has 0 heteroatoms. The van der Waals surface area contributed by atoms with Crippen LogP contribution in [0.3, 0.4) is 0 Å². The first-order valence-electron chi connectivity index (χ1n) is 3.67. The van der Waals surface area contributed by atoms with Gasteiger partial charge in [-0.25, -0.2) is 0 Å². The molecule has 3 rings (SSSR count). The third-order valence-corrected chi connectivity index (χ3v) is 3.14. The molecule has 0 nitrogen and oxygen atoms in total. The van der Waals surface area contributed by atoms with Gasteiger partial charge in [-0.3, -0.25) is 0 Å². The van der Waals surface area contributed by atoms with E-state index in [0.717, 1.165) is 11.8 Å². The lowest BCUT2D eigenvalue weighted by atomic mass is 9.62. The Morgan fingerprint density at radius 3 is 2.88 bits per heavy atom. The van der Waals surface area contributed by atoms with E-state index in [1.165, 1.54) is 19.3 Å². The minimum atomic E-state index is 1.10. The predicted molar refractivity (Wildman–Crippen MR) is 32.5 cm³/mol. The van der Waals surface area contributed by atoms with Crippen molar-refractivity contribution in [3.05, 3.63) is 11.1 Å². The van der Waals surface area contributed by atoms with Gasteiger partial charge in [-0.05, 0) is 37.5 Å². The van der Waals surface area contributed by atoms with Gasteiger partial charge in [0, 0.05) is 0 Å². The molecule has 0 radical (unpaired) electrons. The highest BCUT2D eigenvalue weighted by molar-refractivity contribution is 5.41. The Kier molecular flexibility index (Phi) is 0.415. The van der Waals surface area contributed by atoms with Crippen LogP contribution in [0.15, 0.2) is 11.1 Å². The van der Waals surface area contributed by atoms with E-state index in [1.54, 1.807) is 6.42 Å². The molecule has 0 saturated heterocycles. The highest BCUT2D eigenvalue weighted by Crippen LogP contribution is 2.61. The molecule has 2 unspecified atom stereocenters. The third-order valence-electron chi connectivity index (χ3n) is 3.14. The molecule has 0 amide bonds. The predicted octanol–water partition coefficient (Wildman–Crippen LogP) is 2.12. The van der Waals surface area contributed by atoms with E-state index in [9.17, 15) is 0 Å². The van der Waals surface area contributed by atoms with Gasteiger partial charge in [0.2, 0.25) is 0 Å². The van der Waals surface area contributed by atoms with Crippen LogP contribution in [-0.4, -0.2) is 0 Å². The van der Waals surface area contributed by atoms with Crippen LogP contribution in [0.5, 0.6) is 0 Å². The summed E-state index contributed by atoms with van der Waals surface area (Å²) in [6.07, 6.45) is 6.03. The molecule has 0 aromatic heterocycles. The smallest absolute Gasteiger partial charge is 0.0155 e. The highest BCUT2D eigenvalue weighted by atomic mass is 14.5. The standard InChI is InChI=1S/C8H10/c1-2-6-4-7-3-5(1)8(6)7/h5,7H,1-4H2. The summed E-state index contributed by atoms with van der Waals surface area (Å²) in [5, 5.41) is 0. The van der Waals surface area contributed by atoms with E-state index in [0.29, 0.717) is 0 Å². The maximum atomic E-state index is 1.91. The maximum Gasteiger partial charge on any atom is -0.0155 e. The molecular weight excluding hydrogens is 96.1 g/mol. The summed E-state index contributed by atoms with van der Waals surface area (Å²) in [7, 11) is 0. The van der Waals surface area contributed by atoms with E-state index in [1.807, 2.05) is 11.1 Å². The van der Waals surface area contributed by atoms with Gasteiger partial charge < -0.3 is 0 Å². The van der Waals surface area contributed by atoms with Crippen molar-refractivity contribution < 1.29 is 0 Å². The fraction of sp³-hybridized carbons (Fsp3) is 0.750. The van der Waals surface area contributed by atoms with Crippen molar-refractivity contribution in [2.45, 2.75) is 25.7 Å². The summed E-state index contributed by atoms with van der Waals surface area (Å²) in [6, 6.07) is 0. The molecule has 0 N–H and O–H groups in total. The Bertz CT molecular complexity index is 172. The number of rotatable bonds is 0. The van der Waals surface area contributed by atoms with Crippen molar-refractivity contribution in [1.82, 2.24) is 0 Å². The molecule has 0 aromatic rings. The molecule has 2 atom stereocenters. The largest absolute Gasteiger partial charge is 0.0698 e. The molecule has 0 aromatic carbocycles.